The third-order valence-corrected chi connectivity index (χ3v) is 5.39. The van der Waals surface area contributed by atoms with E-state index in [2.05, 4.69) is 19.9 Å². The lowest BCUT2D eigenvalue weighted by Crippen LogP contribution is -2.29. The number of ether oxygens (including phenoxy) is 1. The van der Waals surface area contributed by atoms with Crippen LogP contribution in [0.15, 0.2) is 6.33 Å². The van der Waals surface area contributed by atoms with Gasteiger partial charge in [-0.2, -0.15) is 9.97 Å². The maximum Gasteiger partial charge on any atom is 0.226 e. The summed E-state index contributed by atoms with van der Waals surface area (Å²) in [4.78, 5) is 15.9. The van der Waals surface area contributed by atoms with Crippen molar-refractivity contribution in [3.05, 3.63) is 11.6 Å². The molecule has 1 aliphatic carbocycles. The zero-order valence-corrected chi connectivity index (χ0v) is 13.0. The minimum absolute atomic E-state index is 0.0184. The maximum absolute atomic E-state index is 6.20. The Morgan fingerprint density at radius 3 is 2.86 bits per heavy atom. The van der Waals surface area contributed by atoms with Crippen LogP contribution >= 0.6 is 11.6 Å². The molecule has 116 valence electrons. The fourth-order valence-corrected chi connectivity index (χ4v) is 4.18. The van der Waals surface area contributed by atoms with Crippen LogP contribution in [0.25, 0.3) is 11.2 Å². The van der Waals surface area contributed by atoms with Crippen molar-refractivity contribution in [2.75, 3.05) is 18.1 Å². The van der Waals surface area contributed by atoms with Gasteiger partial charge >= 0.3 is 0 Å². The highest BCUT2D eigenvalue weighted by Crippen LogP contribution is 2.44. The van der Waals surface area contributed by atoms with Crippen molar-refractivity contribution >= 4 is 28.6 Å². The number of nitrogens with zero attached hydrogens (tertiary/aromatic N) is 5. The Hall–Kier alpha value is -1.40. The minimum Gasteiger partial charge on any atom is -0.358 e. The van der Waals surface area contributed by atoms with Crippen molar-refractivity contribution in [2.24, 2.45) is 5.92 Å². The third kappa shape index (κ3) is 1.86. The molecule has 4 aliphatic rings. The molecule has 0 amide bonds. The van der Waals surface area contributed by atoms with Crippen LogP contribution < -0.4 is 4.90 Å². The van der Waals surface area contributed by atoms with Gasteiger partial charge in [0.2, 0.25) is 5.28 Å². The highest BCUT2D eigenvalue weighted by molar-refractivity contribution is 6.28. The summed E-state index contributed by atoms with van der Waals surface area (Å²) in [5.74, 6) is 1.71. The van der Waals surface area contributed by atoms with E-state index in [9.17, 15) is 0 Å². The first-order chi connectivity index (χ1) is 10.8. The Kier molecular flexibility index (Phi) is 2.85. The van der Waals surface area contributed by atoms with Gasteiger partial charge in [-0.1, -0.05) is 0 Å². The van der Waals surface area contributed by atoms with Crippen LogP contribution in [-0.4, -0.2) is 38.7 Å². The molecule has 2 aromatic rings. The molecule has 2 bridgehead atoms. The second-order valence-electron chi connectivity index (χ2n) is 6.61. The third-order valence-electron chi connectivity index (χ3n) is 5.22. The number of hydrogen-bond acceptors (Lipinski definition) is 5. The van der Waals surface area contributed by atoms with E-state index < -0.39 is 0 Å². The molecule has 0 N–H and O–H groups in total. The Labute approximate surface area is 133 Å². The molecule has 3 aliphatic heterocycles. The lowest BCUT2D eigenvalue weighted by molar-refractivity contribution is -0.0298. The van der Waals surface area contributed by atoms with Gasteiger partial charge in [-0.05, 0) is 49.6 Å². The van der Waals surface area contributed by atoms with Crippen molar-refractivity contribution in [3.8, 4) is 0 Å². The molecule has 3 saturated heterocycles. The van der Waals surface area contributed by atoms with E-state index in [1.807, 2.05) is 10.9 Å². The number of imidazole rings is 1. The number of rotatable bonds is 2. The number of anilines is 1. The lowest BCUT2D eigenvalue weighted by Gasteiger charge is -2.27. The molecule has 6 rings (SSSR count). The summed E-state index contributed by atoms with van der Waals surface area (Å²) in [6.45, 7) is 1.87. The van der Waals surface area contributed by atoms with Gasteiger partial charge in [0.05, 0.1) is 6.33 Å². The van der Waals surface area contributed by atoms with Crippen molar-refractivity contribution in [1.29, 1.82) is 0 Å². The van der Waals surface area contributed by atoms with Gasteiger partial charge in [0, 0.05) is 19.2 Å². The minimum atomic E-state index is 0.0184. The molecule has 0 radical (unpaired) electrons. The molecule has 1 unspecified atom stereocenters. The summed E-state index contributed by atoms with van der Waals surface area (Å²) in [7, 11) is 0. The van der Waals surface area contributed by atoms with Crippen LogP contribution in [-0.2, 0) is 4.74 Å². The lowest BCUT2D eigenvalue weighted by atomic mass is 9.86. The van der Waals surface area contributed by atoms with E-state index in [0.29, 0.717) is 11.3 Å². The first-order valence-corrected chi connectivity index (χ1v) is 8.46. The molecule has 1 atom stereocenters. The predicted molar refractivity (Wildman–Crippen MR) is 83.0 cm³/mol. The van der Waals surface area contributed by atoms with Crippen molar-refractivity contribution in [1.82, 2.24) is 19.5 Å². The Morgan fingerprint density at radius 1 is 1.23 bits per heavy atom. The van der Waals surface area contributed by atoms with Gasteiger partial charge in [-0.3, -0.25) is 4.57 Å². The van der Waals surface area contributed by atoms with Crippen molar-refractivity contribution in [2.45, 2.75) is 44.4 Å². The zero-order chi connectivity index (χ0) is 14.7. The van der Waals surface area contributed by atoms with E-state index in [1.165, 1.54) is 19.3 Å². The van der Waals surface area contributed by atoms with E-state index in [1.54, 1.807) is 0 Å². The van der Waals surface area contributed by atoms with E-state index >= 15 is 0 Å². The van der Waals surface area contributed by atoms with Gasteiger partial charge in [-0.15, -0.1) is 0 Å². The van der Waals surface area contributed by atoms with E-state index in [0.717, 1.165) is 48.9 Å². The Morgan fingerprint density at radius 2 is 2.14 bits per heavy atom. The summed E-state index contributed by atoms with van der Waals surface area (Å²) in [6, 6.07) is 0.607. The molecule has 0 spiro atoms. The Bertz CT molecular complexity index is 720. The largest absolute Gasteiger partial charge is 0.358 e. The summed E-state index contributed by atoms with van der Waals surface area (Å²) in [6.07, 6.45) is 7.69. The van der Waals surface area contributed by atoms with Crippen LogP contribution in [0, 0.1) is 5.92 Å². The van der Waals surface area contributed by atoms with Crippen LogP contribution in [0.4, 0.5) is 5.82 Å². The topological polar surface area (TPSA) is 56.1 Å². The molecule has 7 heteroatoms. The molecule has 22 heavy (non-hydrogen) atoms. The standard InChI is InChI=1S/C15H18ClN5O/c16-15-18-13(20-7-9-5-10(20)6-9)12-14(19-15)21(8-17-12)11-3-1-2-4-22-11/h8-11H,1-7H2. The highest BCUT2D eigenvalue weighted by Gasteiger charge is 2.44. The molecule has 1 saturated carbocycles. The van der Waals surface area contributed by atoms with Crippen LogP contribution in [0.1, 0.15) is 38.3 Å². The molecule has 5 heterocycles. The molecular formula is C15H18ClN5O. The SMILES string of the molecule is Clc1nc(N2CC3CC2C3)c2ncn(C3CCCCO3)c2n1. The predicted octanol–water partition coefficient (Wildman–Crippen LogP) is 2.78. The summed E-state index contributed by atoms with van der Waals surface area (Å²) in [5.41, 5.74) is 1.65. The quantitative estimate of drug-likeness (QED) is 0.797. The summed E-state index contributed by atoms with van der Waals surface area (Å²) in [5, 5.41) is 0.296. The maximum atomic E-state index is 6.20. The number of aromatic nitrogens is 4. The fraction of sp³-hybridized carbons (Fsp3) is 0.667. The van der Waals surface area contributed by atoms with Gasteiger partial charge in [0.1, 0.15) is 6.23 Å². The fourth-order valence-electron chi connectivity index (χ4n) is 4.02. The second kappa shape index (κ2) is 4.80. The average Bonchev–Trinajstić information content (AvgIpc) is 3.19. The Balaban J connectivity index is 1.61. The van der Waals surface area contributed by atoms with Gasteiger partial charge in [0.25, 0.3) is 0 Å². The second-order valence-corrected chi connectivity index (χ2v) is 6.94. The molecule has 0 aromatic carbocycles. The first kappa shape index (κ1) is 13.1. The summed E-state index contributed by atoms with van der Waals surface area (Å²) >= 11 is 6.20. The van der Waals surface area contributed by atoms with Gasteiger partial charge in [-0.25, -0.2) is 4.98 Å². The zero-order valence-electron chi connectivity index (χ0n) is 12.3. The molecular weight excluding hydrogens is 302 g/mol. The number of hydrogen-bond donors (Lipinski definition) is 0. The van der Waals surface area contributed by atoms with Gasteiger partial charge in [0.15, 0.2) is 17.0 Å². The van der Waals surface area contributed by atoms with E-state index in [4.69, 9.17) is 16.3 Å². The van der Waals surface area contributed by atoms with Crippen LogP contribution in [0.5, 0.6) is 0 Å². The monoisotopic (exact) mass is 319 g/mol. The normalized spacial score (nSPS) is 30.8. The van der Waals surface area contributed by atoms with Crippen LogP contribution in [0.3, 0.4) is 0 Å². The molecule has 4 fully saturated rings. The van der Waals surface area contributed by atoms with Gasteiger partial charge < -0.3 is 9.64 Å². The molecule has 6 nitrogen and oxygen atoms in total. The first-order valence-electron chi connectivity index (χ1n) is 8.08. The number of fused-ring (bicyclic) bond motifs is 2. The smallest absolute Gasteiger partial charge is 0.226 e. The van der Waals surface area contributed by atoms with Crippen LogP contribution in [0.2, 0.25) is 5.28 Å². The summed E-state index contributed by atoms with van der Waals surface area (Å²) < 4.78 is 7.89. The molecule has 2 aromatic heterocycles. The highest BCUT2D eigenvalue weighted by atomic mass is 35.5. The average molecular weight is 320 g/mol. The van der Waals surface area contributed by atoms with Crippen molar-refractivity contribution in [3.63, 3.8) is 0 Å². The number of halogens is 1. The van der Waals surface area contributed by atoms with E-state index in [-0.39, 0.29) is 6.23 Å². The van der Waals surface area contributed by atoms with Crippen molar-refractivity contribution < 1.29 is 4.74 Å².